The van der Waals surface area contributed by atoms with Gasteiger partial charge < -0.3 is 14.6 Å². The SMILES string of the molecule is COc1cc(C=NNc2ccc(C(=O)O)cc2)cc(Br)c1OC. The van der Waals surface area contributed by atoms with Crippen molar-refractivity contribution in [3.8, 4) is 11.5 Å². The van der Waals surface area contributed by atoms with Crippen molar-refractivity contribution in [1.82, 2.24) is 0 Å². The molecule has 0 heterocycles. The average molecular weight is 379 g/mol. The van der Waals surface area contributed by atoms with Crippen LogP contribution in [0.25, 0.3) is 0 Å². The van der Waals surface area contributed by atoms with Gasteiger partial charge >= 0.3 is 5.97 Å². The third-order valence-corrected chi connectivity index (χ3v) is 3.58. The number of carbonyl (C=O) groups is 1. The zero-order valence-corrected chi connectivity index (χ0v) is 14.1. The number of benzene rings is 2. The summed E-state index contributed by atoms with van der Waals surface area (Å²) < 4.78 is 11.3. The zero-order chi connectivity index (χ0) is 16.8. The van der Waals surface area contributed by atoms with Crippen molar-refractivity contribution in [2.24, 2.45) is 5.10 Å². The highest BCUT2D eigenvalue weighted by Gasteiger charge is 2.09. The van der Waals surface area contributed by atoms with Crippen LogP contribution >= 0.6 is 15.9 Å². The average Bonchev–Trinajstić information content (AvgIpc) is 2.54. The molecule has 6 nitrogen and oxygen atoms in total. The number of aromatic carboxylic acids is 1. The summed E-state index contributed by atoms with van der Waals surface area (Å²) in [6.07, 6.45) is 1.62. The number of carboxylic acids is 1. The molecule has 0 radical (unpaired) electrons. The smallest absolute Gasteiger partial charge is 0.335 e. The third kappa shape index (κ3) is 4.23. The first kappa shape index (κ1) is 16.8. The maximum absolute atomic E-state index is 10.8. The summed E-state index contributed by atoms with van der Waals surface area (Å²) in [6.45, 7) is 0. The van der Waals surface area contributed by atoms with E-state index in [0.717, 1.165) is 10.0 Å². The van der Waals surface area contributed by atoms with E-state index in [-0.39, 0.29) is 5.56 Å². The van der Waals surface area contributed by atoms with Crippen LogP contribution < -0.4 is 14.9 Å². The molecule has 120 valence electrons. The van der Waals surface area contributed by atoms with Crippen LogP contribution in [0.15, 0.2) is 46.0 Å². The molecule has 0 unspecified atom stereocenters. The van der Waals surface area contributed by atoms with E-state index < -0.39 is 5.97 Å². The molecule has 0 aliphatic rings. The van der Waals surface area contributed by atoms with Crippen LogP contribution in [0.1, 0.15) is 15.9 Å². The van der Waals surface area contributed by atoms with Crippen molar-refractivity contribution in [2.45, 2.75) is 0 Å². The second-order valence-corrected chi connectivity index (χ2v) is 5.35. The van der Waals surface area contributed by atoms with Crippen molar-refractivity contribution in [3.05, 3.63) is 52.0 Å². The first-order valence-corrected chi connectivity index (χ1v) is 7.38. The minimum Gasteiger partial charge on any atom is -0.493 e. The van der Waals surface area contributed by atoms with E-state index in [1.165, 1.54) is 12.1 Å². The number of ether oxygens (including phenoxy) is 2. The molecular weight excluding hydrogens is 364 g/mol. The van der Waals surface area contributed by atoms with Gasteiger partial charge in [0.15, 0.2) is 11.5 Å². The molecule has 0 aliphatic heterocycles. The maximum atomic E-state index is 10.8. The Kier molecular flexibility index (Phi) is 5.59. The second-order valence-electron chi connectivity index (χ2n) is 4.49. The fraction of sp³-hybridized carbons (Fsp3) is 0.125. The van der Waals surface area contributed by atoms with Crippen LogP contribution in [0.3, 0.4) is 0 Å². The Hall–Kier alpha value is -2.54. The van der Waals surface area contributed by atoms with E-state index in [1.807, 2.05) is 6.07 Å². The summed E-state index contributed by atoms with van der Waals surface area (Å²) in [4.78, 5) is 10.8. The number of carboxylic acid groups (broad SMARTS) is 1. The van der Waals surface area contributed by atoms with E-state index in [0.29, 0.717) is 17.2 Å². The Morgan fingerprint density at radius 2 is 1.91 bits per heavy atom. The largest absolute Gasteiger partial charge is 0.493 e. The third-order valence-electron chi connectivity index (χ3n) is 3.00. The monoisotopic (exact) mass is 378 g/mol. The summed E-state index contributed by atoms with van der Waals surface area (Å²) >= 11 is 3.41. The highest BCUT2D eigenvalue weighted by Crippen LogP contribution is 2.35. The van der Waals surface area contributed by atoms with Gasteiger partial charge in [-0.05, 0) is 57.9 Å². The number of halogens is 1. The Morgan fingerprint density at radius 3 is 2.48 bits per heavy atom. The molecule has 0 atom stereocenters. The zero-order valence-electron chi connectivity index (χ0n) is 12.5. The highest BCUT2D eigenvalue weighted by molar-refractivity contribution is 9.10. The number of hydrogen-bond acceptors (Lipinski definition) is 5. The lowest BCUT2D eigenvalue weighted by molar-refractivity contribution is 0.0697. The molecule has 0 saturated heterocycles. The Bertz CT molecular complexity index is 730. The van der Waals surface area contributed by atoms with E-state index in [2.05, 4.69) is 26.5 Å². The normalized spacial score (nSPS) is 10.6. The molecule has 0 saturated carbocycles. The summed E-state index contributed by atoms with van der Waals surface area (Å²) in [5, 5.41) is 13.0. The van der Waals surface area contributed by atoms with Crippen molar-refractivity contribution >= 4 is 33.8 Å². The number of nitrogens with zero attached hydrogens (tertiary/aromatic N) is 1. The molecule has 2 aromatic rings. The number of hydrazone groups is 1. The Labute approximate surface area is 141 Å². The van der Waals surface area contributed by atoms with Crippen LogP contribution in [0, 0.1) is 0 Å². The first-order valence-electron chi connectivity index (χ1n) is 6.59. The fourth-order valence-corrected chi connectivity index (χ4v) is 2.50. The van der Waals surface area contributed by atoms with E-state index in [1.54, 1.807) is 38.6 Å². The van der Waals surface area contributed by atoms with Crippen molar-refractivity contribution in [1.29, 1.82) is 0 Å². The molecule has 0 spiro atoms. The number of methoxy groups -OCH3 is 2. The quantitative estimate of drug-likeness (QED) is 0.592. The Morgan fingerprint density at radius 1 is 1.22 bits per heavy atom. The van der Waals surface area contributed by atoms with Gasteiger partial charge in [-0.1, -0.05) is 0 Å². The summed E-state index contributed by atoms with van der Waals surface area (Å²) in [5.41, 5.74) is 4.55. The predicted octanol–water partition coefficient (Wildman–Crippen LogP) is 3.61. The number of rotatable bonds is 6. The fourth-order valence-electron chi connectivity index (χ4n) is 1.88. The first-order chi connectivity index (χ1) is 11.0. The van der Waals surface area contributed by atoms with Gasteiger partial charge in [0.2, 0.25) is 0 Å². The topological polar surface area (TPSA) is 80.2 Å². The number of hydrogen-bond donors (Lipinski definition) is 2. The summed E-state index contributed by atoms with van der Waals surface area (Å²) in [5.74, 6) is 0.242. The molecule has 0 aromatic heterocycles. The van der Waals surface area contributed by atoms with Crippen molar-refractivity contribution in [3.63, 3.8) is 0 Å². The lowest BCUT2D eigenvalue weighted by Gasteiger charge is -2.10. The molecule has 0 amide bonds. The summed E-state index contributed by atoms with van der Waals surface area (Å²) in [6, 6.07) is 9.94. The maximum Gasteiger partial charge on any atom is 0.335 e. The van der Waals surface area contributed by atoms with Gasteiger partial charge in [-0.2, -0.15) is 5.10 Å². The molecule has 0 aliphatic carbocycles. The minimum atomic E-state index is -0.963. The molecule has 0 fully saturated rings. The van der Waals surface area contributed by atoms with Gasteiger partial charge in [0.25, 0.3) is 0 Å². The molecule has 23 heavy (non-hydrogen) atoms. The number of nitrogens with one attached hydrogen (secondary N) is 1. The minimum absolute atomic E-state index is 0.225. The van der Waals surface area contributed by atoms with Crippen molar-refractivity contribution in [2.75, 3.05) is 19.6 Å². The van der Waals surface area contributed by atoms with Crippen LogP contribution in [0.2, 0.25) is 0 Å². The van der Waals surface area contributed by atoms with E-state index in [9.17, 15) is 4.79 Å². The molecule has 0 bridgehead atoms. The van der Waals surface area contributed by atoms with Crippen LogP contribution in [0.5, 0.6) is 11.5 Å². The van der Waals surface area contributed by atoms with Crippen LogP contribution in [-0.2, 0) is 0 Å². The second kappa shape index (κ2) is 7.64. The van der Waals surface area contributed by atoms with Crippen LogP contribution in [-0.4, -0.2) is 31.5 Å². The van der Waals surface area contributed by atoms with Gasteiger partial charge in [-0.3, -0.25) is 5.43 Å². The lowest BCUT2D eigenvalue weighted by atomic mass is 10.2. The number of anilines is 1. The molecule has 2 aromatic carbocycles. The molecule has 2 rings (SSSR count). The van der Waals surface area contributed by atoms with Gasteiger partial charge in [0.05, 0.1) is 36.2 Å². The van der Waals surface area contributed by atoms with Gasteiger partial charge in [-0.15, -0.1) is 0 Å². The lowest BCUT2D eigenvalue weighted by Crippen LogP contribution is -1.97. The highest BCUT2D eigenvalue weighted by atomic mass is 79.9. The van der Waals surface area contributed by atoms with Gasteiger partial charge in [-0.25, -0.2) is 4.79 Å². The van der Waals surface area contributed by atoms with Crippen molar-refractivity contribution < 1.29 is 19.4 Å². The van der Waals surface area contributed by atoms with Gasteiger partial charge in [0, 0.05) is 0 Å². The standard InChI is InChI=1S/C16H15BrN2O4/c1-22-14-8-10(7-13(17)15(14)23-2)9-18-19-12-5-3-11(4-6-12)16(20)21/h3-9,19H,1-2H3,(H,20,21). The molecular formula is C16H15BrN2O4. The van der Waals surface area contributed by atoms with E-state index >= 15 is 0 Å². The van der Waals surface area contributed by atoms with Crippen LogP contribution in [0.4, 0.5) is 5.69 Å². The summed E-state index contributed by atoms with van der Waals surface area (Å²) in [7, 11) is 3.13. The Balaban J connectivity index is 2.11. The van der Waals surface area contributed by atoms with Gasteiger partial charge in [0.1, 0.15) is 0 Å². The predicted molar refractivity (Wildman–Crippen MR) is 91.9 cm³/mol. The molecule has 7 heteroatoms. The van der Waals surface area contributed by atoms with E-state index in [4.69, 9.17) is 14.6 Å². The molecule has 2 N–H and O–H groups in total.